The predicted octanol–water partition coefficient (Wildman–Crippen LogP) is 0.842. The van der Waals surface area contributed by atoms with Crippen molar-refractivity contribution in [3.63, 3.8) is 0 Å². The van der Waals surface area contributed by atoms with Crippen LogP contribution in [0.1, 0.15) is 19.4 Å². The minimum absolute atomic E-state index is 0.210. The van der Waals surface area contributed by atoms with E-state index in [1.807, 2.05) is 30.3 Å². The number of carbonyl (C=O) groups is 2. The van der Waals surface area contributed by atoms with Crippen LogP contribution < -0.4 is 10.6 Å². The number of hydrogen-bond donors (Lipinski definition) is 2. The van der Waals surface area contributed by atoms with Crippen LogP contribution >= 0.6 is 0 Å². The van der Waals surface area contributed by atoms with Gasteiger partial charge in [0.15, 0.2) is 0 Å². The fourth-order valence-corrected chi connectivity index (χ4v) is 1.38. The summed E-state index contributed by atoms with van der Waals surface area (Å²) in [5, 5.41) is 5.39. The maximum Gasteiger partial charge on any atom is 0.328 e. The molecule has 2 atom stereocenters. The quantitative estimate of drug-likeness (QED) is 0.747. The molecule has 5 nitrogen and oxygen atoms in total. The van der Waals surface area contributed by atoms with Crippen LogP contribution in [-0.4, -0.2) is 31.0 Å². The molecule has 0 saturated heterocycles. The molecule has 0 unspecified atom stereocenters. The van der Waals surface area contributed by atoms with Gasteiger partial charge in [-0.15, -0.1) is 0 Å². The second-order valence-corrected chi connectivity index (χ2v) is 4.33. The number of amides is 1. The summed E-state index contributed by atoms with van der Waals surface area (Å²) in [6.45, 7) is 3.53. The van der Waals surface area contributed by atoms with Crippen molar-refractivity contribution in [2.24, 2.45) is 0 Å². The van der Waals surface area contributed by atoms with Crippen LogP contribution in [-0.2, 0) is 20.9 Å². The Morgan fingerprint density at radius 1 is 1.16 bits per heavy atom. The summed E-state index contributed by atoms with van der Waals surface area (Å²) in [6.07, 6.45) is 0. The van der Waals surface area contributed by atoms with E-state index in [-0.39, 0.29) is 18.6 Å². The average Bonchev–Trinajstić information content (AvgIpc) is 2.44. The van der Waals surface area contributed by atoms with Crippen molar-refractivity contribution in [3.05, 3.63) is 35.9 Å². The topological polar surface area (TPSA) is 67.4 Å². The maximum absolute atomic E-state index is 11.7. The molecule has 1 aromatic rings. The molecule has 0 bridgehead atoms. The van der Waals surface area contributed by atoms with E-state index in [0.29, 0.717) is 0 Å². The van der Waals surface area contributed by atoms with Gasteiger partial charge in [0.25, 0.3) is 0 Å². The van der Waals surface area contributed by atoms with E-state index in [1.54, 1.807) is 20.9 Å². The van der Waals surface area contributed by atoms with Gasteiger partial charge in [0, 0.05) is 0 Å². The average molecular weight is 264 g/mol. The fraction of sp³-hybridized carbons (Fsp3) is 0.429. The summed E-state index contributed by atoms with van der Waals surface area (Å²) >= 11 is 0. The van der Waals surface area contributed by atoms with E-state index in [2.05, 4.69) is 10.6 Å². The molecule has 0 aliphatic rings. The molecule has 0 heterocycles. The Kier molecular flexibility index (Phi) is 6.02. The molecule has 0 aliphatic carbocycles. The molecule has 19 heavy (non-hydrogen) atoms. The van der Waals surface area contributed by atoms with E-state index in [4.69, 9.17) is 4.74 Å². The highest BCUT2D eigenvalue weighted by atomic mass is 16.5. The number of hydrogen-bond acceptors (Lipinski definition) is 4. The summed E-state index contributed by atoms with van der Waals surface area (Å²) < 4.78 is 5.13. The molecule has 1 rings (SSSR count). The van der Waals surface area contributed by atoms with Gasteiger partial charge in [-0.05, 0) is 26.5 Å². The number of ether oxygens (including phenoxy) is 1. The van der Waals surface area contributed by atoms with Crippen molar-refractivity contribution in [1.82, 2.24) is 10.6 Å². The summed E-state index contributed by atoms with van der Waals surface area (Å²) in [5.74, 6) is -0.674. The van der Waals surface area contributed by atoms with Crippen LogP contribution in [0.2, 0.25) is 0 Å². The van der Waals surface area contributed by atoms with Crippen LogP contribution in [0.25, 0.3) is 0 Å². The Morgan fingerprint density at radius 2 is 1.79 bits per heavy atom. The minimum atomic E-state index is -0.660. The number of rotatable bonds is 6. The van der Waals surface area contributed by atoms with Gasteiger partial charge >= 0.3 is 5.97 Å². The number of carbonyl (C=O) groups excluding carboxylic acids is 2. The monoisotopic (exact) mass is 264 g/mol. The lowest BCUT2D eigenvalue weighted by molar-refractivity contribution is -0.148. The molecular weight excluding hydrogens is 244 g/mol. The van der Waals surface area contributed by atoms with Crippen molar-refractivity contribution in [1.29, 1.82) is 0 Å². The van der Waals surface area contributed by atoms with Crippen molar-refractivity contribution in [2.45, 2.75) is 32.5 Å². The molecule has 0 aromatic heterocycles. The molecule has 5 heteroatoms. The fourth-order valence-electron chi connectivity index (χ4n) is 1.38. The summed E-state index contributed by atoms with van der Waals surface area (Å²) in [5.41, 5.74) is 0.915. The third-order valence-corrected chi connectivity index (χ3v) is 2.76. The second kappa shape index (κ2) is 7.53. The van der Waals surface area contributed by atoms with Crippen LogP contribution in [0.5, 0.6) is 0 Å². The first-order valence-electron chi connectivity index (χ1n) is 6.22. The van der Waals surface area contributed by atoms with E-state index in [0.717, 1.165) is 5.56 Å². The highest BCUT2D eigenvalue weighted by Crippen LogP contribution is 2.01. The van der Waals surface area contributed by atoms with E-state index in [1.165, 1.54) is 0 Å². The van der Waals surface area contributed by atoms with E-state index < -0.39 is 12.0 Å². The first-order valence-corrected chi connectivity index (χ1v) is 6.22. The number of benzene rings is 1. The third-order valence-electron chi connectivity index (χ3n) is 2.76. The Labute approximate surface area is 113 Å². The Bertz CT molecular complexity index is 420. The molecule has 0 aliphatic heterocycles. The summed E-state index contributed by atoms with van der Waals surface area (Å²) in [6, 6.07) is 8.40. The third kappa shape index (κ3) is 5.09. The van der Waals surface area contributed by atoms with Crippen molar-refractivity contribution in [2.75, 3.05) is 7.05 Å². The highest BCUT2D eigenvalue weighted by Gasteiger charge is 2.19. The molecule has 0 radical (unpaired) electrons. The molecule has 104 valence electrons. The summed E-state index contributed by atoms with van der Waals surface area (Å²) in [4.78, 5) is 23.3. The standard InChI is InChI=1S/C14H20N2O3/c1-10(15-3)13(17)16-11(2)14(18)19-9-12-7-5-4-6-8-12/h4-8,10-11,15H,9H2,1-3H3,(H,16,17)/t10-,11-/m0/s1. The van der Waals surface area contributed by atoms with Crippen LogP contribution in [0.15, 0.2) is 30.3 Å². The lowest BCUT2D eigenvalue weighted by Crippen LogP contribution is -2.47. The van der Waals surface area contributed by atoms with Gasteiger partial charge in [-0.25, -0.2) is 4.79 Å². The predicted molar refractivity (Wildman–Crippen MR) is 72.4 cm³/mol. The van der Waals surface area contributed by atoms with Gasteiger partial charge in [-0.3, -0.25) is 4.79 Å². The van der Waals surface area contributed by atoms with E-state index >= 15 is 0 Å². The largest absolute Gasteiger partial charge is 0.459 e. The maximum atomic E-state index is 11.7. The van der Waals surface area contributed by atoms with Gasteiger partial charge < -0.3 is 15.4 Å². The molecule has 0 fully saturated rings. The van der Waals surface area contributed by atoms with Crippen LogP contribution in [0.4, 0.5) is 0 Å². The number of likely N-dealkylation sites (N-methyl/N-ethyl adjacent to an activating group) is 1. The molecular formula is C14H20N2O3. The zero-order valence-corrected chi connectivity index (χ0v) is 11.5. The van der Waals surface area contributed by atoms with Crippen molar-refractivity contribution >= 4 is 11.9 Å². The van der Waals surface area contributed by atoms with Gasteiger partial charge in [0.05, 0.1) is 6.04 Å². The molecule has 2 N–H and O–H groups in total. The van der Waals surface area contributed by atoms with Gasteiger partial charge in [-0.1, -0.05) is 30.3 Å². The van der Waals surface area contributed by atoms with E-state index in [9.17, 15) is 9.59 Å². The number of nitrogens with one attached hydrogen (secondary N) is 2. The van der Waals surface area contributed by atoms with Crippen molar-refractivity contribution in [3.8, 4) is 0 Å². The first-order chi connectivity index (χ1) is 9.04. The lowest BCUT2D eigenvalue weighted by atomic mass is 10.2. The van der Waals surface area contributed by atoms with Crippen LogP contribution in [0.3, 0.4) is 0 Å². The Morgan fingerprint density at radius 3 is 2.37 bits per heavy atom. The normalized spacial score (nSPS) is 13.4. The Balaban J connectivity index is 2.39. The lowest BCUT2D eigenvalue weighted by Gasteiger charge is -2.16. The smallest absolute Gasteiger partial charge is 0.328 e. The molecule has 0 spiro atoms. The highest BCUT2D eigenvalue weighted by molar-refractivity contribution is 5.87. The SMILES string of the molecule is CN[C@@H](C)C(=O)N[C@@H](C)C(=O)OCc1ccccc1. The van der Waals surface area contributed by atoms with Crippen LogP contribution in [0, 0.1) is 0 Å². The molecule has 1 aromatic carbocycles. The van der Waals surface area contributed by atoms with Gasteiger partial charge in [0.2, 0.25) is 5.91 Å². The molecule has 0 saturated carbocycles. The summed E-state index contributed by atoms with van der Waals surface area (Å²) in [7, 11) is 1.68. The second-order valence-electron chi connectivity index (χ2n) is 4.33. The Hall–Kier alpha value is -1.88. The molecule has 1 amide bonds. The van der Waals surface area contributed by atoms with Crippen molar-refractivity contribution < 1.29 is 14.3 Å². The zero-order chi connectivity index (χ0) is 14.3. The number of esters is 1. The first kappa shape index (κ1) is 15.2. The van der Waals surface area contributed by atoms with Gasteiger partial charge in [0.1, 0.15) is 12.6 Å². The minimum Gasteiger partial charge on any atom is -0.459 e. The van der Waals surface area contributed by atoms with Gasteiger partial charge in [-0.2, -0.15) is 0 Å². The zero-order valence-electron chi connectivity index (χ0n) is 11.5.